The van der Waals surface area contributed by atoms with Crippen molar-refractivity contribution in [3.8, 4) is 0 Å². The number of halogens is 1. The van der Waals surface area contributed by atoms with E-state index in [1.807, 2.05) is 18.2 Å². The Bertz CT molecular complexity index is 312. The van der Waals surface area contributed by atoms with Crippen molar-refractivity contribution in [2.75, 3.05) is 6.54 Å². The summed E-state index contributed by atoms with van der Waals surface area (Å²) in [7, 11) is 0. The second-order valence-electron chi connectivity index (χ2n) is 3.93. The van der Waals surface area contributed by atoms with Crippen molar-refractivity contribution >= 4 is 11.6 Å². The predicted octanol–water partition coefficient (Wildman–Crippen LogP) is 2.48. The summed E-state index contributed by atoms with van der Waals surface area (Å²) >= 11 is 5.95. The van der Waals surface area contributed by atoms with Gasteiger partial charge >= 0.3 is 0 Å². The third kappa shape index (κ3) is 4.20. The van der Waals surface area contributed by atoms with Gasteiger partial charge in [-0.1, -0.05) is 17.7 Å². The summed E-state index contributed by atoms with van der Waals surface area (Å²) in [5.41, 5.74) is 8.02. The molecule has 0 aliphatic carbocycles. The molecule has 0 heterocycles. The number of nitrogens with one attached hydrogen (secondary N) is 1. The van der Waals surface area contributed by atoms with Crippen molar-refractivity contribution < 1.29 is 0 Å². The molecule has 0 amide bonds. The second kappa shape index (κ2) is 6.11. The fraction of sp³-hybridized carbons (Fsp3) is 0.500. The molecule has 84 valence electrons. The minimum absolute atomic E-state index is 0.452. The number of hydrogen-bond acceptors (Lipinski definition) is 2. The number of rotatable bonds is 5. The minimum atomic E-state index is 0.452. The maximum absolute atomic E-state index is 5.95. The molecule has 0 saturated carbocycles. The Balaban J connectivity index is 2.53. The summed E-state index contributed by atoms with van der Waals surface area (Å²) in [6, 6.07) is 6.43. The van der Waals surface area contributed by atoms with Crippen LogP contribution in [0.15, 0.2) is 18.2 Å². The summed E-state index contributed by atoms with van der Waals surface area (Å²) in [6.45, 7) is 5.82. The summed E-state index contributed by atoms with van der Waals surface area (Å²) in [5.74, 6) is 0. The zero-order valence-electron chi connectivity index (χ0n) is 9.39. The van der Waals surface area contributed by atoms with E-state index in [2.05, 4.69) is 19.2 Å². The highest BCUT2D eigenvalue weighted by molar-refractivity contribution is 6.30. The molecular weight excluding hydrogens is 208 g/mol. The third-order valence-electron chi connectivity index (χ3n) is 2.55. The SMILES string of the molecule is Cc1ccc(Cl)cc1CNC(C)CCN. The molecule has 0 fully saturated rings. The van der Waals surface area contributed by atoms with Gasteiger partial charge in [-0.3, -0.25) is 0 Å². The van der Waals surface area contributed by atoms with Crippen molar-refractivity contribution in [2.45, 2.75) is 32.9 Å². The standard InChI is InChI=1S/C12H19ClN2/c1-9-3-4-12(13)7-11(9)8-15-10(2)5-6-14/h3-4,7,10,15H,5-6,8,14H2,1-2H3. The summed E-state index contributed by atoms with van der Waals surface area (Å²) in [6.07, 6.45) is 1.000. The smallest absolute Gasteiger partial charge is 0.0409 e. The lowest BCUT2D eigenvalue weighted by molar-refractivity contribution is 0.519. The highest BCUT2D eigenvalue weighted by atomic mass is 35.5. The van der Waals surface area contributed by atoms with E-state index in [4.69, 9.17) is 17.3 Å². The molecular formula is C12H19ClN2. The van der Waals surface area contributed by atoms with Crippen LogP contribution in [0.1, 0.15) is 24.5 Å². The minimum Gasteiger partial charge on any atom is -0.330 e. The molecule has 1 aromatic carbocycles. The molecule has 3 heteroatoms. The first-order valence-corrected chi connectivity index (χ1v) is 5.69. The maximum atomic E-state index is 5.95. The largest absolute Gasteiger partial charge is 0.330 e. The molecule has 1 unspecified atom stereocenters. The van der Waals surface area contributed by atoms with Crippen molar-refractivity contribution in [3.63, 3.8) is 0 Å². The van der Waals surface area contributed by atoms with Crippen LogP contribution in [0.5, 0.6) is 0 Å². The molecule has 0 aromatic heterocycles. The molecule has 0 bridgehead atoms. The van der Waals surface area contributed by atoms with Crippen LogP contribution < -0.4 is 11.1 Å². The normalized spacial score (nSPS) is 12.8. The van der Waals surface area contributed by atoms with E-state index in [-0.39, 0.29) is 0 Å². The molecule has 1 atom stereocenters. The Kier molecular flexibility index (Phi) is 5.09. The van der Waals surface area contributed by atoms with Gasteiger partial charge in [0.2, 0.25) is 0 Å². The van der Waals surface area contributed by atoms with Gasteiger partial charge in [-0.15, -0.1) is 0 Å². The van der Waals surface area contributed by atoms with E-state index in [0.717, 1.165) is 24.5 Å². The highest BCUT2D eigenvalue weighted by Crippen LogP contribution is 2.15. The van der Waals surface area contributed by atoms with E-state index in [1.54, 1.807) is 0 Å². The second-order valence-corrected chi connectivity index (χ2v) is 4.37. The summed E-state index contributed by atoms with van der Waals surface area (Å²) in [5, 5.41) is 4.22. The molecule has 0 aliphatic heterocycles. The average molecular weight is 227 g/mol. The number of nitrogens with two attached hydrogens (primary N) is 1. The van der Waals surface area contributed by atoms with Crippen LogP contribution in [0.25, 0.3) is 0 Å². The van der Waals surface area contributed by atoms with E-state index in [9.17, 15) is 0 Å². The molecule has 0 saturated heterocycles. The first-order chi connectivity index (χ1) is 7.13. The first kappa shape index (κ1) is 12.5. The van der Waals surface area contributed by atoms with E-state index in [1.165, 1.54) is 11.1 Å². The fourth-order valence-corrected chi connectivity index (χ4v) is 1.66. The molecule has 0 spiro atoms. The molecule has 1 rings (SSSR count). The topological polar surface area (TPSA) is 38.0 Å². The Morgan fingerprint density at radius 1 is 1.47 bits per heavy atom. The van der Waals surface area contributed by atoms with Gasteiger partial charge in [0, 0.05) is 17.6 Å². The van der Waals surface area contributed by atoms with Gasteiger partial charge in [0.1, 0.15) is 0 Å². The van der Waals surface area contributed by atoms with Gasteiger partial charge < -0.3 is 11.1 Å². The van der Waals surface area contributed by atoms with Crippen molar-refractivity contribution in [3.05, 3.63) is 34.3 Å². The zero-order chi connectivity index (χ0) is 11.3. The van der Waals surface area contributed by atoms with Crippen LogP contribution in [-0.2, 0) is 6.54 Å². The van der Waals surface area contributed by atoms with Gasteiger partial charge in [-0.2, -0.15) is 0 Å². The number of aryl methyl sites for hydroxylation is 1. The van der Waals surface area contributed by atoms with Crippen LogP contribution in [0.3, 0.4) is 0 Å². The van der Waals surface area contributed by atoms with Crippen LogP contribution in [0.2, 0.25) is 5.02 Å². The molecule has 0 radical (unpaired) electrons. The number of benzene rings is 1. The van der Waals surface area contributed by atoms with Crippen molar-refractivity contribution in [2.24, 2.45) is 5.73 Å². The Hall–Kier alpha value is -0.570. The maximum Gasteiger partial charge on any atom is 0.0409 e. The fourth-order valence-electron chi connectivity index (χ4n) is 1.47. The zero-order valence-corrected chi connectivity index (χ0v) is 10.1. The van der Waals surface area contributed by atoms with Crippen LogP contribution in [0, 0.1) is 6.92 Å². The lowest BCUT2D eigenvalue weighted by Crippen LogP contribution is -2.28. The monoisotopic (exact) mass is 226 g/mol. The first-order valence-electron chi connectivity index (χ1n) is 5.32. The lowest BCUT2D eigenvalue weighted by Gasteiger charge is -2.14. The van der Waals surface area contributed by atoms with Crippen molar-refractivity contribution in [1.82, 2.24) is 5.32 Å². The molecule has 3 N–H and O–H groups in total. The van der Waals surface area contributed by atoms with Gasteiger partial charge in [-0.05, 0) is 50.1 Å². The predicted molar refractivity (Wildman–Crippen MR) is 66.2 cm³/mol. The van der Waals surface area contributed by atoms with Crippen LogP contribution >= 0.6 is 11.6 Å². The quantitative estimate of drug-likeness (QED) is 0.810. The Labute approximate surface area is 96.8 Å². The highest BCUT2D eigenvalue weighted by Gasteiger charge is 2.02. The van der Waals surface area contributed by atoms with Gasteiger partial charge in [-0.25, -0.2) is 0 Å². The van der Waals surface area contributed by atoms with Gasteiger partial charge in [0.05, 0.1) is 0 Å². The van der Waals surface area contributed by atoms with Crippen molar-refractivity contribution in [1.29, 1.82) is 0 Å². The average Bonchev–Trinajstić information content (AvgIpc) is 2.20. The summed E-state index contributed by atoms with van der Waals surface area (Å²) in [4.78, 5) is 0. The van der Waals surface area contributed by atoms with Gasteiger partial charge in [0.25, 0.3) is 0 Å². The molecule has 0 aliphatic rings. The van der Waals surface area contributed by atoms with Crippen LogP contribution in [-0.4, -0.2) is 12.6 Å². The lowest BCUT2D eigenvalue weighted by atomic mass is 10.1. The summed E-state index contributed by atoms with van der Waals surface area (Å²) < 4.78 is 0. The van der Waals surface area contributed by atoms with Crippen LogP contribution in [0.4, 0.5) is 0 Å². The molecule has 2 nitrogen and oxygen atoms in total. The van der Waals surface area contributed by atoms with E-state index >= 15 is 0 Å². The Morgan fingerprint density at radius 2 is 2.20 bits per heavy atom. The molecule has 15 heavy (non-hydrogen) atoms. The van der Waals surface area contributed by atoms with E-state index in [0.29, 0.717) is 6.04 Å². The number of hydrogen-bond donors (Lipinski definition) is 2. The Morgan fingerprint density at radius 3 is 2.87 bits per heavy atom. The van der Waals surface area contributed by atoms with E-state index < -0.39 is 0 Å². The van der Waals surface area contributed by atoms with Gasteiger partial charge in [0.15, 0.2) is 0 Å². The molecule has 1 aromatic rings. The third-order valence-corrected chi connectivity index (χ3v) is 2.79.